The molecule has 11 aromatic rings. The van der Waals surface area contributed by atoms with Crippen LogP contribution in [-0.2, 0) is 0 Å². The highest BCUT2D eigenvalue weighted by atomic mass is 14.9. The van der Waals surface area contributed by atoms with E-state index in [-0.39, 0.29) is 0 Å². The first-order valence-corrected chi connectivity index (χ1v) is 17.0. The van der Waals surface area contributed by atoms with Gasteiger partial charge in [0.05, 0.1) is 16.9 Å². The molecule has 11 rings (SSSR count). The first-order chi connectivity index (χ1) is 24.8. The molecule has 0 fully saturated rings. The lowest BCUT2D eigenvalue weighted by molar-refractivity contribution is 1.21. The molecule has 0 amide bonds. The molecule has 0 saturated carbocycles. The van der Waals surface area contributed by atoms with Gasteiger partial charge in [-0.2, -0.15) is 0 Å². The van der Waals surface area contributed by atoms with E-state index in [2.05, 4.69) is 127 Å². The molecular weight excluding hydrogens is 607 g/mol. The smallest absolute Gasteiger partial charge is 0.161 e. The number of aromatic nitrogens is 3. The summed E-state index contributed by atoms with van der Waals surface area (Å²) in [5.74, 6) is 0.667. The average molecular weight is 634 g/mol. The minimum Gasteiger partial charge on any atom is -0.255 e. The van der Waals surface area contributed by atoms with Gasteiger partial charge in [0.15, 0.2) is 5.82 Å². The zero-order chi connectivity index (χ0) is 32.8. The second-order valence-corrected chi connectivity index (χ2v) is 13.2. The summed E-state index contributed by atoms with van der Waals surface area (Å²) in [5, 5.41) is 16.3. The number of hydrogen-bond acceptors (Lipinski definition) is 3. The zero-order valence-electron chi connectivity index (χ0n) is 26.9. The monoisotopic (exact) mass is 633 g/mol. The summed E-state index contributed by atoms with van der Waals surface area (Å²) in [6, 6.07) is 56.6. The fourth-order valence-corrected chi connectivity index (χ4v) is 8.15. The van der Waals surface area contributed by atoms with Gasteiger partial charge in [-0.05, 0) is 95.0 Å². The van der Waals surface area contributed by atoms with Gasteiger partial charge in [-0.3, -0.25) is 4.98 Å². The quantitative estimate of drug-likeness (QED) is 0.182. The fraction of sp³-hybridized carbons (Fsp3) is 0. The van der Waals surface area contributed by atoms with E-state index in [1.165, 1.54) is 64.6 Å². The van der Waals surface area contributed by atoms with Crippen molar-refractivity contribution in [2.24, 2.45) is 0 Å². The third kappa shape index (κ3) is 3.95. The van der Waals surface area contributed by atoms with Gasteiger partial charge in [-0.1, -0.05) is 127 Å². The highest BCUT2D eigenvalue weighted by Crippen LogP contribution is 2.44. The van der Waals surface area contributed by atoms with Gasteiger partial charge < -0.3 is 0 Å². The van der Waals surface area contributed by atoms with Crippen LogP contribution >= 0.6 is 0 Å². The predicted molar refractivity (Wildman–Crippen MR) is 210 cm³/mol. The van der Waals surface area contributed by atoms with Crippen LogP contribution in [0.1, 0.15) is 0 Å². The molecule has 0 aliphatic rings. The molecule has 0 unspecified atom stereocenters. The van der Waals surface area contributed by atoms with Gasteiger partial charge >= 0.3 is 0 Å². The van der Waals surface area contributed by atoms with Gasteiger partial charge in [0.2, 0.25) is 0 Å². The van der Waals surface area contributed by atoms with Crippen molar-refractivity contribution in [3.05, 3.63) is 164 Å². The molecule has 0 aliphatic carbocycles. The van der Waals surface area contributed by atoms with Gasteiger partial charge in [-0.25, -0.2) is 9.97 Å². The summed E-state index contributed by atoms with van der Waals surface area (Å²) >= 11 is 0. The average Bonchev–Trinajstić information content (AvgIpc) is 3.19. The van der Waals surface area contributed by atoms with Crippen LogP contribution in [0.3, 0.4) is 0 Å². The van der Waals surface area contributed by atoms with E-state index in [0.29, 0.717) is 5.82 Å². The number of benzene rings is 8. The van der Waals surface area contributed by atoms with Gasteiger partial charge in [-0.15, -0.1) is 0 Å². The Morgan fingerprint density at radius 3 is 1.58 bits per heavy atom. The summed E-state index contributed by atoms with van der Waals surface area (Å²) in [6.45, 7) is 0. The zero-order valence-corrected chi connectivity index (χ0v) is 26.9. The summed E-state index contributed by atoms with van der Waals surface area (Å²) in [6.07, 6.45) is 1.91. The Morgan fingerprint density at radius 2 is 0.920 bits per heavy atom. The van der Waals surface area contributed by atoms with E-state index in [1.54, 1.807) is 0 Å². The van der Waals surface area contributed by atoms with Crippen LogP contribution in [0.5, 0.6) is 0 Å². The molecule has 9 aromatic carbocycles. The van der Waals surface area contributed by atoms with Crippen LogP contribution in [0.25, 0.3) is 109 Å². The molecule has 2 aromatic heterocycles. The van der Waals surface area contributed by atoms with Crippen LogP contribution in [0.4, 0.5) is 0 Å². The van der Waals surface area contributed by atoms with Gasteiger partial charge in [0.1, 0.15) is 0 Å². The lowest BCUT2D eigenvalue weighted by atomic mass is 9.87. The number of pyridine rings is 1. The minimum atomic E-state index is 0.667. The lowest BCUT2D eigenvalue weighted by Crippen LogP contribution is -1.96. The second kappa shape index (κ2) is 10.4. The van der Waals surface area contributed by atoms with Gasteiger partial charge in [0.25, 0.3) is 0 Å². The summed E-state index contributed by atoms with van der Waals surface area (Å²) in [5.41, 5.74) is 5.79. The van der Waals surface area contributed by atoms with Crippen LogP contribution in [-0.4, -0.2) is 15.0 Å². The molecule has 0 spiro atoms. The van der Waals surface area contributed by atoms with E-state index in [4.69, 9.17) is 15.0 Å². The Kier molecular flexibility index (Phi) is 5.67. The predicted octanol–water partition coefficient (Wildman–Crippen LogP) is 12.4. The number of para-hydroxylation sites is 1. The van der Waals surface area contributed by atoms with E-state index in [1.807, 2.05) is 36.5 Å². The Labute approximate surface area is 287 Å². The topological polar surface area (TPSA) is 38.7 Å². The lowest BCUT2D eigenvalue weighted by Gasteiger charge is -2.17. The first kappa shape index (κ1) is 27.3. The molecule has 3 heteroatoms. The van der Waals surface area contributed by atoms with Crippen LogP contribution in [0.15, 0.2) is 164 Å². The van der Waals surface area contributed by atoms with Crippen LogP contribution in [0.2, 0.25) is 0 Å². The molecule has 0 aliphatic heterocycles. The fourth-order valence-electron chi connectivity index (χ4n) is 8.15. The van der Waals surface area contributed by atoms with E-state index in [0.717, 1.165) is 39.0 Å². The number of fused-ring (bicyclic) bond motifs is 3. The molecular formula is C47H27N3. The van der Waals surface area contributed by atoms with E-state index >= 15 is 0 Å². The highest BCUT2D eigenvalue weighted by Gasteiger charge is 2.17. The van der Waals surface area contributed by atoms with E-state index in [9.17, 15) is 0 Å². The Morgan fingerprint density at radius 1 is 0.340 bits per heavy atom. The Balaban J connectivity index is 1.16. The number of rotatable bonds is 3. The number of hydrogen-bond donors (Lipinski definition) is 0. The van der Waals surface area contributed by atoms with Crippen molar-refractivity contribution in [3.63, 3.8) is 0 Å². The van der Waals surface area contributed by atoms with Gasteiger partial charge in [0, 0.05) is 28.3 Å². The SMILES string of the molecule is c1ccc(-c2nc(-c3ccc(-c4cc5ccc6cccc7c8cccc9ccc%10cccc(c(c4)c5c67)c%10c98)nc3)nc3ccccc23)cc1. The molecule has 0 N–H and O–H groups in total. The summed E-state index contributed by atoms with van der Waals surface area (Å²) < 4.78 is 0. The van der Waals surface area contributed by atoms with Crippen molar-refractivity contribution in [2.45, 2.75) is 0 Å². The third-order valence-electron chi connectivity index (χ3n) is 10.4. The summed E-state index contributed by atoms with van der Waals surface area (Å²) in [4.78, 5) is 15.1. The molecule has 0 bridgehead atoms. The van der Waals surface area contributed by atoms with Crippen molar-refractivity contribution < 1.29 is 0 Å². The molecule has 2 heterocycles. The second-order valence-electron chi connectivity index (χ2n) is 13.2. The van der Waals surface area contributed by atoms with Crippen molar-refractivity contribution in [2.75, 3.05) is 0 Å². The molecule has 0 radical (unpaired) electrons. The largest absolute Gasteiger partial charge is 0.255 e. The number of nitrogens with zero attached hydrogens (tertiary/aromatic N) is 3. The van der Waals surface area contributed by atoms with E-state index < -0.39 is 0 Å². The van der Waals surface area contributed by atoms with Crippen molar-refractivity contribution in [1.29, 1.82) is 0 Å². The van der Waals surface area contributed by atoms with Crippen LogP contribution < -0.4 is 0 Å². The summed E-state index contributed by atoms with van der Waals surface area (Å²) in [7, 11) is 0. The maximum absolute atomic E-state index is 5.07. The molecule has 230 valence electrons. The van der Waals surface area contributed by atoms with Crippen molar-refractivity contribution >= 4 is 75.5 Å². The molecule has 50 heavy (non-hydrogen) atoms. The first-order valence-electron chi connectivity index (χ1n) is 17.0. The molecule has 0 saturated heterocycles. The standard InChI is InChI=1S/C47H27N3/c1-2-9-31(10-3-1)46-38-14-4-5-18-41(38)49-47(50-46)33-23-24-40(48-27-33)34-25-32-22-21-30-12-7-16-36-35-15-6-11-28-19-20-29-13-8-17-37(44(29)42(28)35)39(26-34)45(32)43(30)36/h1-27H. The molecule has 0 atom stereocenters. The normalized spacial score (nSPS) is 12.0. The van der Waals surface area contributed by atoms with Crippen molar-refractivity contribution in [3.8, 4) is 33.9 Å². The molecule has 3 nitrogen and oxygen atoms in total. The maximum atomic E-state index is 5.07. The minimum absolute atomic E-state index is 0.667. The van der Waals surface area contributed by atoms with Crippen molar-refractivity contribution in [1.82, 2.24) is 15.0 Å². The Hall–Kier alpha value is -6.71. The third-order valence-corrected chi connectivity index (χ3v) is 10.4. The Bertz CT molecular complexity index is 3120. The highest BCUT2D eigenvalue weighted by molar-refractivity contribution is 6.37. The maximum Gasteiger partial charge on any atom is 0.161 e. The van der Waals surface area contributed by atoms with Crippen LogP contribution in [0, 0.1) is 0 Å².